The number of pyridine rings is 1. The minimum atomic E-state index is -2.49. The molecule has 7 heteroatoms. The molecule has 0 fully saturated rings. The van der Waals surface area contributed by atoms with Crippen LogP contribution in [-0.2, 0) is 4.57 Å². The summed E-state index contributed by atoms with van der Waals surface area (Å²) in [6.07, 6.45) is 1.75. The highest BCUT2D eigenvalue weighted by Crippen LogP contribution is 2.41. The number of thiazole rings is 1. The molecule has 0 aliphatic carbocycles. The third kappa shape index (κ3) is 3.06. The molecule has 2 heterocycles. The number of nitrogens with zero attached hydrogens (tertiary/aromatic N) is 2. The first-order valence-corrected chi connectivity index (χ1v) is 11.6. The van der Waals surface area contributed by atoms with Crippen molar-refractivity contribution >= 4 is 56.3 Å². The molecule has 0 unspecified atom stereocenters. The third-order valence-corrected chi connectivity index (χ3v) is 6.55. The van der Waals surface area contributed by atoms with E-state index >= 15 is 0 Å². The Morgan fingerprint density at radius 1 is 1.08 bits per heavy atom. The van der Waals surface area contributed by atoms with Crippen molar-refractivity contribution in [2.45, 2.75) is 0 Å². The fraction of sp³-hybridized carbons (Fsp3) is 0.158. The van der Waals surface area contributed by atoms with E-state index in [4.69, 9.17) is 4.74 Å². The quantitative estimate of drug-likeness (QED) is 0.511. The van der Waals surface area contributed by atoms with Crippen LogP contribution in [0.1, 0.15) is 0 Å². The van der Waals surface area contributed by atoms with Gasteiger partial charge in [0, 0.05) is 29.0 Å². The monoisotopic (exact) mass is 383 g/mol. The van der Waals surface area contributed by atoms with Crippen LogP contribution < -0.4 is 15.4 Å². The summed E-state index contributed by atoms with van der Waals surface area (Å²) in [4.78, 5) is 8.80. The molecule has 4 rings (SSSR count). The van der Waals surface area contributed by atoms with Crippen LogP contribution in [-0.4, -0.2) is 30.4 Å². The average Bonchev–Trinajstić information content (AvgIpc) is 3.08. The van der Waals surface area contributed by atoms with E-state index in [-0.39, 0.29) is 0 Å². The van der Waals surface area contributed by atoms with Crippen molar-refractivity contribution in [2.75, 3.05) is 25.8 Å². The molecule has 0 aliphatic heterocycles. The van der Waals surface area contributed by atoms with E-state index in [2.05, 4.69) is 21.4 Å². The molecule has 0 saturated heterocycles. The summed E-state index contributed by atoms with van der Waals surface area (Å²) < 4.78 is 19.3. The van der Waals surface area contributed by atoms with Gasteiger partial charge in [-0.3, -0.25) is 4.98 Å². The molecular weight excluding hydrogens is 365 g/mol. The molecule has 0 radical (unpaired) electrons. The second kappa shape index (κ2) is 6.38. The maximum atomic E-state index is 12.7. The number of aromatic nitrogens is 2. The number of benzene rings is 2. The zero-order chi connectivity index (χ0) is 18.3. The van der Waals surface area contributed by atoms with Gasteiger partial charge in [-0.1, -0.05) is 0 Å². The normalized spacial score (nSPS) is 11.8. The molecule has 0 amide bonds. The summed E-state index contributed by atoms with van der Waals surface area (Å²) >= 11 is 1.62. The van der Waals surface area contributed by atoms with Gasteiger partial charge in [0.05, 0.1) is 33.7 Å². The standard InChI is InChI=1S/C19H18N3O2PS/c1-24-17-10-15-13(9-18(17)25(2,3)23)14(6-7-20-15)22-12-4-5-19-16(8-12)21-11-26-19/h4-11H,1-3H3,(H,20,22). The van der Waals surface area contributed by atoms with Crippen LogP contribution in [0.25, 0.3) is 21.1 Å². The predicted octanol–water partition coefficient (Wildman–Crippen LogP) is 4.84. The Morgan fingerprint density at radius 3 is 2.69 bits per heavy atom. The van der Waals surface area contributed by atoms with Gasteiger partial charge in [-0.15, -0.1) is 11.3 Å². The minimum absolute atomic E-state index is 0.611. The van der Waals surface area contributed by atoms with Gasteiger partial charge in [0.1, 0.15) is 12.9 Å². The van der Waals surface area contributed by atoms with Crippen LogP contribution in [0.4, 0.5) is 11.4 Å². The molecule has 1 N–H and O–H groups in total. The van der Waals surface area contributed by atoms with E-state index < -0.39 is 7.14 Å². The number of methoxy groups -OCH3 is 1. The van der Waals surface area contributed by atoms with Gasteiger partial charge in [-0.05, 0) is 43.7 Å². The lowest BCUT2D eigenvalue weighted by atomic mass is 10.1. The summed E-state index contributed by atoms with van der Waals surface area (Å²) in [5.41, 5.74) is 5.45. The third-order valence-electron chi connectivity index (χ3n) is 4.23. The maximum absolute atomic E-state index is 12.7. The van der Waals surface area contributed by atoms with E-state index in [0.717, 1.165) is 37.8 Å². The van der Waals surface area contributed by atoms with Crippen molar-refractivity contribution in [2.24, 2.45) is 0 Å². The van der Waals surface area contributed by atoms with Crippen LogP contribution in [0.2, 0.25) is 0 Å². The van der Waals surface area contributed by atoms with Gasteiger partial charge in [0.25, 0.3) is 0 Å². The van der Waals surface area contributed by atoms with Gasteiger partial charge >= 0.3 is 0 Å². The van der Waals surface area contributed by atoms with Gasteiger partial charge in [0.2, 0.25) is 0 Å². The first-order chi connectivity index (χ1) is 12.5. The van der Waals surface area contributed by atoms with Crippen molar-refractivity contribution < 1.29 is 9.30 Å². The number of anilines is 2. The highest BCUT2D eigenvalue weighted by atomic mass is 32.1. The number of nitrogens with one attached hydrogen (secondary N) is 1. The van der Waals surface area contributed by atoms with Crippen LogP contribution >= 0.6 is 18.5 Å². The summed E-state index contributed by atoms with van der Waals surface area (Å²) in [5.74, 6) is 0.611. The smallest absolute Gasteiger partial charge is 0.131 e. The average molecular weight is 383 g/mol. The van der Waals surface area contributed by atoms with E-state index in [1.165, 1.54) is 0 Å². The molecule has 2 aromatic heterocycles. The molecule has 0 aliphatic rings. The van der Waals surface area contributed by atoms with Crippen molar-refractivity contribution in [1.82, 2.24) is 9.97 Å². The highest BCUT2D eigenvalue weighted by Gasteiger charge is 2.19. The summed E-state index contributed by atoms with van der Waals surface area (Å²) in [6, 6.07) is 11.8. The van der Waals surface area contributed by atoms with Gasteiger partial charge in [0.15, 0.2) is 0 Å². The molecule has 132 valence electrons. The Hall–Kier alpha value is -2.43. The van der Waals surface area contributed by atoms with Crippen LogP contribution in [0.3, 0.4) is 0 Å². The lowest BCUT2D eigenvalue weighted by Crippen LogP contribution is -2.08. The minimum Gasteiger partial charge on any atom is -0.496 e. The highest BCUT2D eigenvalue weighted by molar-refractivity contribution is 7.70. The van der Waals surface area contributed by atoms with Crippen LogP contribution in [0, 0.1) is 0 Å². The van der Waals surface area contributed by atoms with Gasteiger partial charge in [-0.25, -0.2) is 4.98 Å². The van der Waals surface area contributed by atoms with Crippen molar-refractivity contribution in [3.8, 4) is 5.75 Å². The van der Waals surface area contributed by atoms with E-state index in [1.54, 1.807) is 38.0 Å². The van der Waals surface area contributed by atoms with Crippen molar-refractivity contribution in [3.63, 3.8) is 0 Å². The number of rotatable bonds is 4. The zero-order valence-electron chi connectivity index (χ0n) is 14.7. The maximum Gasteiger partial charge on any atom is 0.131 e. The molecule has 26 heavy (non-hydrogen) atoms. The Morgan fingerprint density at radius 2 is 1.92 bits per heavy atom. The molecule has 0 spiro atoms. The molecule has 2 aromatic carbocycles. The summed E-state index contributed by atoms with van der Waals surface area (Å²) in [6.45, 7) is 3.49. The summed E-state index contributed by atoms with van der Waals surface area (Å²) in [5, 5.41) is 5.07. The molecule has 0 bridgehead atoms. The van der Waals surface area contributed by atoms with E-state index in [0.29, 0.717) is 5.75 Å². The molecule has 0 atom stereocenters. The fourth-order valence-electron chi connectivity index (χ4n) is 2.95. The largest absolute Gasteiger partial charge is 0.496 e. The Balaban J connectivity index is 1.85. The lowest BCUT2D eigenvalue weighted by molar-refractivity contribution is 0.418. The van der Waals surface area contributed by atoms with Crippen molar-refractivity contribution in [3.05, 3.63) is 48.1 Å². The second-order valence-corrected chi connectivity index (χ2v) is 10.5. The van der Waals surface area contributed by atoms with Gasteiger partial charge < -0.3 is 14.6 Å². The van der Waals surface area contributed by atoms with Gasteiger partial charge in [-0.2, -0.15) is 0 Å². The number of ether oxygens (including phenoxy) is 1. The predicted molar refractivity (Wildman–Crippen MR) is 110 cm³/mol. The first-order valence-electron chi connectivity index (χ1n) is 8.08. The topological polar surface area (TPSA) is 64.1 Å². The molecule has 5 nitrogen and oxygen atoms in total. The van der Waals surface area contributed by atoms with E-state index in [9.17, 15) is 4.57 Å². The number of fused-ring (bicyclic) bond motifs is 2. The SMILES string of the molecule is COc1cc2nccc(Nc3ccc4scnc4c3)c2cc1P(C)(C)=O. The summed E-state index contributed by atoms with van der Waals surface area (Å²) in [7, 11) is -0.903. The van der Waals surface area contributed by atoms with Crippen molar-refractivity contribution in [1.29, 1.82) is 0 Å². The Kier molecular flexibility index (Phi) is 4.17. The molecule has 0 saturated carbocycles. The molecule has 4 aromatic rings. The first kappa shape index (κ1) is 17.0. The zero-order valence-corrected chi connectivity index (χ0v) is 16.4. The second-order valence-electron chi connectivity index (χ2n) is 6.41. The Labute approximate surface area is 155 Å². The lowest BCUT2D eigenvalue weighted by Gasteiger charge is -2.16. The van der Waals surface area contributed by atoms with E-state index in [1.807, 2.05) is 35.8 Å². The fourth-order valence-corrected chi connectivity index (χ4v) is 4.73. The van der Waals surface area contributed by atoms with Crippen LogP contribution in [0.15, 0.2) is 48.1 Å². The molecular formula is C19H18N3O2PS. The van der Waals surface area contributed by atoms with Crippen LogP contribution in [0.5, 0.6) is 5.75 Å². The number of hydrogen-bond acceptors (Lipinski definition) is 6. The number of hydrogen-bond donors (Lipinski definition) is 1. The Bertz CT molecular complexity index is 1170.